The van der Waals surface area contributed by atoms with E-state index in [1.165, 1.54) is 19.3 Å². The van der Waals surface area contributed by atoms with E-state index in [-0.39, 0.29) is 0 Å². The molecule has 4 nitrogen and oxygen atoms in total. The van der Waals surface area contributed by atoms with Crippen LogP contribution < -0.4 is 19.5 Å². The summed E-state index contributed by atoms with van der Waals surface area (Å²) in [5.41, 5.74) is 1.10. The zero-order chi connectivity index (χ0) is 15.2. The fraction of sp³-hybridized carbons (Fsp3) is 0.625. The van der Waals surface area contributed by atoms with Crippen molar-refractivity contribution in [2.75, 3.05) is 27.6 Å². The molecule has 1 N–H and O–H groups in total. The van der Waals surface area contributed by atoms with Gasteiger partial charge in [-0.25, -0.2) is 0 Å². The molecular formula is C16H25NO3S. The highest BCUT2D eigenvalue weighted by molar-refractivity contribution is 7.99. The standard InChI is InChI=1S/C16H25NO3S/c1-18-13-9-8-11(15(19-2)16(13)20-3)10-17-12-6-5-7-14(12)21-4/h8-9,12,14,17H,5-7,10H2,1-4H3. The number of benzene rings is 1. The van der Waals surface area contributed by atoms with Gasteiger partial charge in [0.05, 0.1) is 21.3 Å². The Morgan fingerprint density at radius 2 is 1.86 bits per heavy atom. The van der Waals surface area contributed by atoms with Crippen LogP contribution in [-0.4, -0.2) is 38.9 Å². The first kappa shape index (κ1) is 16.3. The highest BCUT2D eigenvalue weighted by Gasteiger charge is 2.26. The summed E-state index contributed by atoms with van der Waals surface area (Å²) < 4.78 is 16.3. The summed E-state index contributed by atoms with van der Waals surface area (Å²) in [6, 6.07) is 4.55. The van der Waals surface area contributed by atoms with Crippen LogP contribution in [0.3, 0.4) is 0 Å². The largest absolute Gasteiger partial charge is 0.493 e. The highest BCUT2D eigenvalue weighted by Crippen LogP contribution is 2.40. The molecule has 2 atom stereocenters. The molecule has 5 heteroatoms. The molecule has 0 radical (unpaired) electrons. The van der Waals surface area contributed by atoms with E-state index >= 15 is 0 Å². The lowest BCUT2D eigenvalue weighted by Gasteiger charge is -2.21. The second-order valence-corrected chi connectivity index (χ2v) is 6.26. The molecule has 2 unspecified atom stereocenters. The van der Waals surface area contributed by atoms with Crippen LogP contribution >= 0.6 is 11.8 Å². The SMILES string of the molecule is COc1ccc(CNC2CCCC2SC)c(OC)c1OC. The molecule has 1 fully saturated rings. The lowest BCUT2D eigenvalue weighted by atomic mass is 10.1. The van der Waals surface area contributed by atoms with Crippen molar-refractivity contribution in [2.45, 2.75) is 37.1 Å². The molecule has 2 rings (SSSR count). The molecule has 1 aromatic carbocycles. The maximum absolute atomic E-state index is 5.53. The zero-order valence-electron chi connectivity index (χ0n) is 13.3. The van der Waals surface area contributed by atoms with Gasteiger partial charge in [0, 0.05) is 23.4 Å². The van der Waals surface area contributed by atoms with Crippen LogP contribution in [-0.2, 0) is 6.54 Å². The first-order valence-electron chi connectivity index (χ1n) is 7.29. The van der Waals surface area contributed by atoms with E-state index in [2.05, 4.69) is 11.6 Å². The highest BCUT2D eigenvalue weighted by atomic mass is 32.2. The van der Waals surface area contributed by atoms with E-state index in [0.717, 1.165) is 23.1 Å². The van der Waals surface area contributed by atoms with Gasteiger partial charge in [-0.1, -0.05) is 12.5 Å². The third-order valence-corrected chi connectivity index (χ3v) is 5.27. The van der Waals surface area contributed by atoms with Gasteiger partial charge >= 0.3 is 0 Å². The summed E-state index contributed by atoms with van der Waals surface area (Å²) in [6.07, 6.45) is 6.07. The second kappa shape index (κ2) is 7.80. The van der Waals surface area contributed by atoms with Crippen molar-refractivity contribution in [1.82, 2.24) is 5.32 Å². The average molecular weight is 311 g/mol. The molecule has 0 aliphatic heterocycles. The van der Waals surface area contributed by atoms with E-state index in [1.807, 2.05) is 23.9 Å². The number of ether oxygens (including phenoxy) is 3. The number of methoxy groups -OCH3 is 3. The van der Waals surface area contributed by atoms with Crippen LogP contribution in [0, 0.1) is 0 Å². The molecule has 1 aliphatic rings. The normalized spacial score (nSPS) is 21.3. The predicted octanol–water partition coefficient (Wildman–Crippen LogP) is 3.09. The Balaban J connectivity index is 2.12. The Hall–Kier alpha value is -1.07. The maximum atomic E-state index is 5.53. The molecule has 0 bridgehead atoms. The van der Waals surface area contributed by atoms with Gasteiger partial charge in [-0.15, -0.1) is 0 Å². The van der Waals surface area contributed by atoms with Gasteiger partial charge in [0.25, 0.3) is 0 Å². The summed E-state index contributed by atoms with van der Waals surface area (Å²) in [5, 5.41) is 4.38. The van der Waals surface area contributed by atoms with Crippen LogP contribution in [0.25, 0.3) is 0 Å². The summed E-state index contributed by atoms with van der Waals surface area (Å²) in [6.45, 7) is 0.783. The van der Waals surface area contributed by atoms with Crippen molar-refractivity contribution in [3.63, 3.8) is 0 Å². The topological polar surface area (TPSA) is 39.7 Å². The summed E-state index contributed by atoms with van der Waals surface area (Å²) in [7, 11) is 4.94. The first-order chi connectivity index (χ1) is 10.2. The van der Waals surface area contributed by atoms with Gasteiger partial charge in [0.15, 0.2) is 11.5 Å². The molecule has 0 heterocycles. The number of hydrogen-bond donors (Lipinski definition) is 1. The van der Waals surface area contributed by atoms with Crippen LogP contribution in [0.2, 0.25) is 0 Å². The minimum Gasteiger partial charge on any atom is -0.493 e. The van der Waals surface area contributed by atoms with E-state index < -0.39 is 0 Å². The van der Waals surface area contributed by atoms with Gasteiger partial charge in [-0.3, -0.25) is 0 Å². The summed E-state index contributed by atoms with van der Waals surface area (Å²) in [4.78, 5) is 0. The quantitative estimate of drug-likeness (QED) is 0.838. The predicted molar refractivity (Wildman–Crippen MR) is 87.9 cm³/mol. The number of rotatable bonds is 7. The van der Waals surface area contributed by atoms with Crippen molar-refractivity contribution in [2.24, 2.45) is 0 Å². The van der Waals surface area contributed by atoms with E-state index in [4.69, 9.17) is 14.2 Å². The molecule has 21 heavy (non-hydrogen) atoms. The van der Waals surface area contributed by atoms with Gasteiger partial charge in [-0.2, -0.15) is 11.8 Å². The molecule has 1 aliphatic carbocycles. The Kier molecular flexibility index (Phi) is 6.06. The number of thioether (sulfide) groups is 1. The molecule has 1 aromatic rings. The third-order valence-electron chi connectivity index (χ3n) is 4.10. The zero-order valence-corrected chi connectivity index (χ0v) is 14.1. The van der Waals surface area contributed by atoms with Crippen molar-refractivity contribution in [1.29, 1.82) is 0 Å². The van der Waals surface area contributed by atoms with E-state index in [9.17, 15) is 0 Å². The van der Waals surface area contributed by atoms with Crippen LogP contribution in [0.4, 0.5) is 0 Å². The maximum Gasteiger partial charge on any atom is 0.203 e. The third kappa shape index (κ3) is 3.58. The summed E-state index contributed by atoms with van der Waals surface area (Å²) >= 11 is 1.96. The Morgan fingerprint density at radius 1 is 1.10 bits per heavy atom. The smallest absolute Gasteiger partial charge is 0.203 e. The van der Waals surface area contributed by atoms with E-state index in [1.54, 1.807) is 21.3 Å². The fourth-order valence-corrected chi connectivity index (χ4v) is 3.95. The fourth-order valence-electron chi connectivity index (χ4n) is 2.99. The average Bonchev–Trinajstić information content (AvgIpc) is 2.99. The summed E-state index contributed by atoms with van der Waals surface area (Å²) in [5.74, 6) is 2.11. The van der Waals surface area contributed by atoms with Gasteiger partial charge < -0.3 is 19.5 Å². The van der Waals surface area contributed by atoms with Gasteiger partial charge in [0.2, 0.25) is 5.75 Å². The molecule has 0 aromatic heterocycles. The monoisotopic (exact) mass is 311 g/mol. The molecule has 1 saturated carbocycles. The minimum atomic E-state index is 0.581. The van der Waals surface area contributed by atoms with Crippen molar-refractivity contribution in [3.05, 3.63) is 17.7 Å². The molecule has 0 amide bonds. The molecule has 118 valence electrons. The van der Waals surface area contributed by atoms with Crippen molar-refractivity contribution in [3.8, 4) is 17.2 Å². The molecular weight excluding hydrogens is 286 g/mol. The Labute approximate surface area is 131 Å². The number of hydrogen-bond acceptors (Lipinski definition) is 5. The molecule has 0 spiro atoms. The Morgan fingerprint density at radius 3 is 2.48 bits per heavy atom. The Bertz CT molecular complexity index is 467. The minimum absolute atomic E-state index is 0.581. The molecule has 0 saturated heterocycles. The van der Waals surface area contributed by atoms with Crippen molar-refractivity contribution >= 4 is 11.8 Å². The number of nitrogens with one attached hydrogen (secondary N) is 1. The first-order valence-corrected chi connectivity index (χ1v) is 8.58. The lowest BCUT2D eigenvalue weighted by molar-refractivity contribution is 0.321. The van der Waals surface area contributed by atoms with Crippen molar-refractivity contribution < 1.29 is 14.2 Å². The van der Waals surface area contributed by atoms with Gasteiger partial charge in [0.1, 0.15) is 0 Å². The van der Waals surface area contributed by atoms with Gasteiger partial charge in [-0.05, 0) is 25.2 Å². The van der Waals surface area contributed by atoms with E-state index in [0.29, 0.717) is 17.5 Å². The van der Waals surface area contributed by atoms with Crippen LogP contribution in [0.5, 0.6) is 17.2 Å². The van der Waals surface area contributed by atoms with Crippen LogP contribution in [0.15, 0.2) is 12.1 Å². The lowest BCUT2D eigenvalue weighted by Crippen LogP contribution is -2.33. The van der Waals surface area contributed by atoms with Crippen LogP contribution in [0.1, 0.15) is 24.8 Å². The second-order valence-electron chi connectivity index (χ2n) is 5.19.